The highest BCUT2D eigenvalue weighted by molar-refractivity contribution is 5.99. The molecule has 0 aliphatic carbocycles. The Balaban J connectivity index is 2.09. The largest absolute Gasteiger partial charge is 0.395 e. The number of carbonyl (C=O) groups excluding carboxylic acids is 3. The summed E-state index contributed by atoms with van der Waals surface area (Å²) >= 11 is 0. The number of likely N-dealkylation sites (tertiary alicyclic amines) is 1. The molecule has 1 spiro atoms. The topological polar surface area (TPSA) is 90.4 Å². The van der Waals surface area contributed by atoms with Gasteiger partial charge in [-0.25, -0.2) is 0 Å². The van der Waals surface area contributed by atoms with Gasteiger partial charge in [0.15, 0.2) is 0 Å². The third-order valence-corrected chi connectivity index (χ3v) is 8.25. The second-order valence-corrected chi connectivity index (χ2v) is 10.5. The van der Waals surface area contributed by atoms with Gasteiger partial charge < -0.3 is 24.5 Å². The summed E-state index contributed by atoms with van der Waals surface area (Å²) in [6.07, 6.45) is 6.46. The third-order valence-electron chi connectivity index (χ3n) is 8.25. The third kappa shape index (κ3) is 4.33. The molecular formula is C27H43N3O5. The zero-order chi connectivity index (χ0) is 26.0. The molecule has 0 saturated carbocycles. The van der Waals surface area contributed by atoms with E-state index in [1.807, 2.05) is 20.8 Å². The Morgan fingerprint density at radius 3 is 2.31 bits per heavy atom. The van der Waals surface area contributed by atoms with Crippen molar-refractivity contribution < 1.29 is 24.2 Å². The van der Waals surface area contributed by atoms with Gasteiger partial charge in [-0.05, 0) is 32.1 Å². The number of unbranched alkanes of at least 4 members (excludes halogenated alkanes) is 1. The summed E-state index contributed by atoms with van der Waals surface area (Å²) in [4.78, 5) is 46.9. The minimum absolute atomic E-state index is 0.0134. The Labute approximate surface area is 210 Å². The van der Waals surface area contributed by atoms with Gasteiger partial charge in [0.25, 0.3) is 0 Å². The molecular weight excluding hydrogens is 446 g/mol. The van der Waals surface area contributed by atoms with Gasteiger partial charge in [0.05, 0.1) is 24.0 Å². The first kappa shape index (κ1) is 27.4. The van der Waals surface area contributed by atoms with Gasteiger partial charge in [0.1, 0.15) is 11.6 Å². The molecule has 0 aromatic rings. The zero-order valence-corrected chi connectivity index (χ0v) is 21.9. The fourth-order valence-electron chi connectivity index (χ4n) is 6.63. The number of aliphatic hydroxyl groups is 1. The minimum Gasteiger partial charge on any atom is -0.395 e. The van der Waals surface area contributed by atoms with Crippen molar-refractivity contribution in [3.8, 4) is 0 Å². The number of ether oxygens (including phenoxy) is 1. The first-order valence-electron chi connectivity index (χ1n) is 13.1. The van der Waals surface area contributed by atoms with E-state index in [0.29, 0.717) is 32.6 Å². The molecule has 35 heavy (non-hydrogen) atoms. The van der Waals surface area contributed by atoms with E-state index in [4.69, 9.17) is 4.74 Å². The molecule has 3 amide bonds. The number of β-amino-alcohol motifs (C(OH)–C–C–N with tert-alkyl or cyclic N) is 1. The molecule has 3 unspecified atom stereocenters. The molecule has 3 rings (SSSR count). The second-order valence-electron chi connectivity index (χ2n) is 10.5. The molecule has 196 valence electrons. The maximum absolute atomic E-state index is 14.0. The highest BCUT2D eigenvalue weighted by atomic mass is 16.5. The minimum atomic E-state index is -1.09. The van der Waals surface area contributed by atoms with E-state index in [9.17, 15) is 19.5 Å². The Morgan fingerprint density at radius 2 is 1.77 bits per heavy atom. The lowest BCUT2D eigenvalue weighted by Gasteiger charge is -2.39. The van der Waals surface area contributed by atoms with Crippen molar-refractivity contribution in [1.29, 1.82) is 0 Å². The second kappa shape index (κ2) is 10.8. The lowest BCUT2D eigenvalue weighted by molar-refractivity contribution is -0.155. The van der Waals surface area contributed by atoms with Crippen LogP contribution in [0.2, 0.25) is 0 Å². The Kier molecular flexibility index (Phi) is 8.48. The SMILES string of the molecule is C=CCN(CCCC)C(=O)C1N(CCO)C(=O)[C@@H]2[C@H](C(=O)N(CC=C)CCC)[C@@]3(C)OC12CC3C. The molecule has 6 atom stereocenters. The number of hydrogen-bond donors (Lipinski definition) is 1. The van der Waals surface area contributed by atoms with E-state index in [0.717, 1.165) is 19.3 Å². The number of carbonyl (C=O) groups is 3. The Hall–Kier alpha value is -2.19. The lowest BCUT2D eigenvalue weighted by Crippen LogP contribution is -2.57. The normalized spacial score (nSPS) is 33.1. The monoisotopic (exact) mass is 489 g/mol. The summed E-state index contributed by atoms with van der Waals surface area (Å²) in [5, 5.41) is 9.80. The fourth-order valence-corrected chi connectivity index (χ4v) is 6.63. The summed E-state index contributed by atoms with van der Waals surface area (Å²) in [6, 6.07) is -0.870. The number of nitrogens with zero attached hydrogens (tertiary/aromatic N) is 3. The summed E-state index contributed by atoms with van der Waals surface area (Å²) in [6.45, 7) is 17.3. The van der Waals surface area contributed by atoms with Crippen molar-refractivity contribution in [2.75, 3.05) is 39.3 Å². The van der Waals surface area contributed by atoms with E-state index < -0.39 is 29.1 Å². The maximum Gasteiger partial charge on any atom is 0.248 e. The smallest absolute Gasteiger partial charge is 0.248 e. The van der Waals surface area contributed by atoms with Crippen LogP contribution in [0.1, 0.15) is 53.4 Å². The van der Waals surface area contributed by atoms with Crippen LogP contribution >= 0.6 is 0 Å². The molecule has 8 heteroatoms. The Morgan fingerprint density at radius 1 is 1.14 bits per heavy atom. The van der Waals surface area contributed by atoms with Crippen LogP contribution in [-0.4, -0.2) is 94.1 Å². The van der Waals surface area contributed by atoms with Crippen LogP contribution in [0.25, 0.3) is 0 Å². The van der Waals surface area contributed by atoms with Gasteiger partial charge in [0, 0.05) is 32.7 Å². The lowest BCUT2D eigenvalue weighted by atomic mass is 9.62. The standard InChI is InChI=1S/C27H43N3O5/c1-7-11-15-29(14-10-4)25(34)22-27-18-19(5)26(6,35-27)20(21(27)24(33)30(22)16-17-31)23(32)28(12-8-2)13-9-3/h8,10,19-22,31H,2,4,7,9,11-18H2,1,3,5-6H3/t19?,20-,21+,22?,26+,27?/m1/s1. The van der Waals surface area contributed by atoms with E-state index in [-0.39, 0.29) is 36.8 Å². The first-order valence-corrected chi connectivity index (χ1v) is 13.1. The van der Waals surface area contributed by atoms with Crippen LogP contribution in [-0.2, 0) is 19.1 Å². The van der Waals surface area contributed by atoms with E-state index in [1.165, 1.54) is 4.90 Å². The molecule has 3 fully saturated rings. The quantitative estimate of drug-likeness (QED) is 0.401. The molecule has 3 heterocycles. The van der Waals surface area contributed by atoms with Crippen molar-refractivity contribution in [1.82, 2.24) is 14.7 Å². The molecule has 0 aromatic carbocycles. The summed E-state index contributed by atoms with van der Waals surface area (Å²) < 4.78 is 6.75. The van der Waals surface area contributed by atoms with Crippen molar-refractivity contribution in [3.63, 3.8) is 0 Å². The van der Waals surface area contributed by atoms with E-state index in [2.05, 4.69) is 20.1 Å². The molecule has 3 saturated heterocycles. The molecule has 2 bridgehead atoms. The molecule has 8 nitrogen and oxygen atoms in total. The zero-order valence-electron chi connectivity index (χ0n) is 21.9. The van der Waals surface area contributed by atoms with Crippen molar-refractivity contribution >= 4 is 17.7 Å². The predicted molar refractivity (Wildman–Crippen MR) is 134 cm³/mol. The molecule has 0 radical (unpaired) electrons. The molecule has 1 N–H and O–H groups in total. The van der Waals surface area contributed by atoms with Crippen LogP contribution in [0.3, 0.4) is 0 Å². The van der Waals surface area contributed by atoms with Crippen LogP contribution < -0.4 is 0 Å². The number of hydrogen-bond acceptors (Lipinski definition) is 5. The van der Waals surface area contributed by atoms with Crippen molar-refractivity contribution in [3.05, 3.63) is 25.3 Å². The van der Waals surface area contributed by atoms with Gasteiger partial charge in [0.2, 0.25) is 17.7 Å². The number of fused-ring (bicyclic) bond motifs is 1. The average molecular weight is 490 g/mol. The van der Waals surface area contributed by atoms with Crippen LogP contribution in [0, 0.1) is 17.8 Å². The predicted octanol–water partition coefficient (Wildman–Crippen LogP) is 2.23. The highest BCUT2D eigenvalue weighted by Gasteiger charge is 2.80. The van der Waals surface area contributed by atoms with Gasteiger partial charge in [-0.3, -0.25) is 14.4 Å². The van der Waals surface area contributed by atoms with Crippen molar-refractivity contribution in [2.45, 2.75) is 70.6 Å². The molecule has 0 aromatic heterocycles. The summed E-state index contributed by atoms with van der Waals surface area (Å²) in [5.74, 6) is -2.03. The van der Waals surface area contributed by atoms with Gasteiger partial charge in [-0.15, -0.1) is 13.2 Å². The highest BCUT2D eigenvalue weighted by Crippen LogP contribution is 2.65. The Bertz CT molecular complexity index is 847. The van der Waals surface area contributed by atoms with Gasteiger partial charge in [-0.2, -0.15) is 0 Å². The fraction of sp³-hybridized carbons (Fsp3) is 0.741. The van der Waals surface area contributed by atoms with Crippen molar-refractivity contribution in [2.24, 2.45) is 17.8 Å². The number of amides is 3. The number of rotatable bonds is 13. The molecule has 3 aliphatic heterocycles. The van der Waals surface area contributed by atoms with Gasteiger partial charge >= 0.3 is 0 Å². The summed E-state index contributed by atoms with van der Waals surface area (Å²) in [5.41, 5.74) is -1.93. The summed E-state index contributed by atoms with van der Waals surface area (Å²) in [7, 11) is 0. The first-order chi connectivity index (χ1) is 16.7. The van der Waals surface area contributed by atoms with E-state index in [1.54, 1.807) is 22.0 Å². The van der Waals surface area contributed by atoms with Crippen LogP contribution in [0.15, 0.2) is 25.3 Å². The van der Waals surface area contributed by atoms with Crippen LogP contribution in [0.4, 0.5) is 0 Å². The van der Waals surface area contributed by atoms with Gasteiger partial charge in [-0.1, -0.05) is 39.3 Å². The average Bonchev–Trinajstić information content (AvgIpc) is 3.33. The molecule has 3 aliphatic rings. The van der Waals surface area contributed by atoms with Crippen LogP contribution in [0.5, 0.6) is 0 Å². The van der Waals surface area contributed by atoms with E-state index >= 15 is 0 Å². The number of aliphatic hydroxyl groups excluding tert-OH is 1. The maximum atomic E-state index is 14.0.